The molecule has 0 radical (unpaired) electrons. The summed E-state index contributed by atoms with van der Waals surface area (Å²) in [6.45, 7) is -1.75. The second-order valence-electron chi connectivity index (χ2n) is 30.8. The molecule has 139 heavy (non-hydrogen) atoms. The summed E-state index contributed by atoms with van der Waals surface area (Å²) in [4.78, 5) is 2.77. The molecule has 5 aliphatic heterocycles. The molecule has 17 rings (SSSR count). The second kappa shape index (κ2) is 49.5. The molecule has 7 atom stereocenters. The van der Waals surface area contributed by atoms with Crippen LogP contribution in [0.25, 0.3) is 44.5 Å². The van der Waals surface area contributed by atoms with Gasteiger partial charge in [-0.25, -0.2) is 0 Å². The van der Waals surface area contributed by atoms with Crippen LogP contribution < -0.4 is 39.4 Å². The highest BCUT2D eigenvalue weighted by atomic mass is 128. The highest BCUT2D eigenvalue weighted by molar-refractivity contribution is 15.0. The summed E-state index contributed by atoms with van der Waals surface area (Å²) in [5.74, 6) is -1.63. The topological polar surface area (TPSA) is 120 Å². The van der Waals surface area contributed by atoms with Gasteiger partial charge in [0.15, 0.2) is 18.3 Å². The van der Waals surface area contributed by atoms with E-state index < -0.39 is 124 Å². The lowest BCUT2D eigenvalue weighted by atomic mass is 9.87. The summed E-state index contributed by atoms with van der Waals surface area (Å²) >= 11 is 10.5. The summed E-state index contributed by atoms with van der Waals surface area (Å²) in [5.41, 5.74) is 17.2. The van der Waals surface area contributed by atoms with Crippen molar-refractivity contribution in [2.75, 3.05) is 40.1 Å². The van der Waals surface area contributed by atoms with Crippen LogP contribution in [0.4, 0.5) is 133 Å². The number of hydrogen-bond acceptors (Lipinski definition) is 15. The summed E-state index contributed by atoms with van der Waals surface area (Å²) in [7, 11) is 0. The molecular formula is C97H93F25I2N4O7S4. The molecule has 7 unspecified atom stereocenters. The number of aliphatic hydroxyl groups is 2. The first-order chi connectivity index (χ1) is 63.9. The molecule has 1 saturated heterocycles. The van der Waals surface area contributed by atoms with E-state index in [1.165, 1.54) is 127 Å². The summed E-state index contributed by atoms with van der Waals surface area (Å²) < 4.78 is 340. The second-order valence-corrected chi connectivity index (χ2v) is 33.9. The van der Waals surface area contributed by atoms with Gasteiger partial charge in [-0.1, -0.05) is 127 Å². The Kier molecular flexibility index (Phi) is 40.9. The van der Waals surface area contributed by atoms with Crippen molar-refractivity contribution in [3.63, 3.8) is 0 Å². The highest BCUT2D eigenvalue weighted by Gasteiger charge is 2.51. The zero-order valence-electron chi connectivity index (χ0n) is 69.4. The van der Waals surface area contributed by atoms with Crippen molar-refractivity contribution in [1.29, 1.82) is 0 Å². The number of aliphatic hydroxyl groups excluding tert-OH is 2. The molecule has 1 fully saturated rings. The van der Waals surface area contributed by atoms with Gasteiger partial charge in [0.2, 0.25) is 0 Å². The van der Waals surface area contributed by atoms with Gasteiger partial charge < -0.3 is 54.3 Å². The van der Waals surface area contributed by atoms with Gasteiger partial charge in [-0.05, 0) is 280 Å². The van der Waals surface area contributed by atoms with Crippen LogP contribution in [0.3, 0.4) is 0 Å². The van der Waals surface area contributed by atoms with Crippen molar-refractivity contribution in [2.45, 2.75) is 192 Å². The fraction of sp³-hybridized carbons (Fsp3) is 0.340. The minimum Gasteiger partial charge on any atom is -0.428 e. The third-order valence-electron chi connectivity index (χ3n) is 21.9. The Hall–Kier alpha value is -9.45. The molecule has 0 aliphatic carbocycles. The number of hydrogen-bond donors (Lipinski definition) is 4. The zero-order chi connectivity index (χ0) is 97.7. The zero-order valence-corrected chi connectivity index (χ0v) is 77.0. The molecule has 11 nitrogen and oxygen atoms in total. The van der Waals surface area contributed by atoms with Gasteiger partial charge in [0.1, 0.15) is 23.0 Å². The first kappa shape index (κ1) is 115. The molecule has 0 bridgehead atoms. The Morgan fingerprint density at radius 2 is 0.612 bits per heavy atom. The average Bonchev–Trinajstić information content (AvgIpc) is 1.72. The molecule has 756 valence electrons. The van der Waals surface area contributed by atoms with E-state index in [4.69, 9.17) is 0 Å². The van der Waals surface area contributed by atoms with Crippen molar-refractivity contribution >= 4 is 105 Å². The van der Waals surface area contributed by atoms with E-state index in [9.17, 15) is 120 Å². The van der Waals surface area contributed by atoms with Gasteiger partial charge >= 0.3 is 68.7 Å². The number of anilines is 4. The average molecular weight is 2280 g/mol. The van der Waals surface area contributed by atoms with Crippen molar-refractivity contribution in [3.8, 4) is 67.5 Å². The molecule has 12 aromatic rings. The standard InChI is InChI=1S/2C24H20F7NO2S.2C21H17F4NOS.C3H3F3O.4CH4.I2/c2*25-22(26)24(30,31)34-16-4-1-3-14(11-16)19-8-7-18-17(15-9-10-35-13-15)5-2-6-20(18)32(19)12-21(33)23(27,28)29;2*22-20(23)21(24,25)27-15-4-1-3-13(11-15)18-8-7-17-16(14-9-10-28-12-14)5-2-6-19(17)26-18;4-3(5,6)2-1-7-2;;;;;1-2/h2*1-6,9-11,13,19,21-22,33H,7-8,12H2;2*1-6,9-12,18,20,26H,7-8H2;2H,1H2;4*1H4;. The number of nitrogens with one attached hydrogen (secondary N) is 2. The maximum atomic E-state index is 13.4. The third-order valence-corrected chi connectivity index (χ3v) is 24.7. The van der Waals surface area contributed by atoms with Crippen LogP contribution in [-0.2, 0) is 30.4 Å². The normalized spacial score (nSPS) is 17.0. The van der Waals surface area contributed by atoms with E-state index in [1.807, 2.05) is 80.8 Å². The maximum absolute atomic E-state index is 13.4. The number of thiophene rings is 4. The first-order valence-corrected chi connectivity index (χ1v) is 50.7. The summed E-state index contributed by atoms with van der Waals surface area (Å²) in [6.07, 6.45) is -50.3. The molecule has 4 aromatic heterocycles. The van der Waals surface area contributed by atoms with E-state index in [0.717, 1.165) is 94.7 Å². The maximum Gasteiger partial charge on any atom is 0.461 e. The lowest BCUT2D eigenvalue weighted by Gasteiger charge is -2.41. The largest absolute Gasteiger partial charge is 0.461 e. The molecule has 0 spiro atoms. The Morgan fingerprint density at radius 1 is 0.353 bits per heavy atom. The van der Waals surface area contributed by atoms with Crippen molar-refractivity contribution in [2.24, 2.45) is 0 Å². The van der Waals surface area contributed by atoms with Crippen LogP contribution in [0.2, 0.25) is 0 Å². The van der Waals surface area contributed by atoms with Crippen LogP contribution in [-0.4, -0.2) is 117 Å². The first-order valence-electron chi connectivity index (χ1n) is 40.7. The number of ether oxygens (including phenoxy) is 5. The summed E-state index contributed by atoms with van der Waals surface area (Å²) in [6, 6.07) is 50.6. The van der Waals surface area contributed by atoms with Crippen molar-refractivity contribution in [1.82, 2.24) is 0 Å². The Morgan fingerprint density at radius 3 is 0.863 bits per heavy atom. The van der Waals surface area contributed by atoms with Gasteiger partial charge in [-0.15, -0.1) is 0 Å². The molecule has 8 aromatic carbocycles. The molecular weight excluding hydrogens is 2190 g/mol. The number of epoxide rings is 1. The summed E-state index contributed by atoms with van der Waals surface area (Å²) in [5, 5.41) is 42.5. The van der Waals surface area contributed by atoms with Crippen molar-refractivity contribution < 1.29 is 144 Å². The molecule has 4 N–H and O–H groups in total. The number of alkyl halides is 25. The number of benzene rings is 8. The smallest absolute Gasteiger partial charge is 0.428 e. The van der Waals surface area contributed by atoms with Crippen LogP contribution in [0, 0.1) is 0 Å². The van der Waals surface area contributed by atoms with Gasteiger partial charge in [0.25, 0.3) is 0 Å². The van der Waals surface area contributed by atoms with E-state index >= 15 is 0 Å². The molecule has 9 heterocycles. The monoisotopic (exact) mass is 2280 g/mol. The predicted octanol–water partition coefficient (Wildman–Crippen LogP) is 32.9. The fourth-order valence-corrected chi connectivity index (χ4v) is 18.3. The minimum absolute atomic E-state index is 0. The van der Waals surface area contributed by atoms with Gasteiger partial charge in [-0.2, -0.15) is 155 Å². The van der Waals surface area contributed by atoms with Crippen LogP contribution in [0.15, 0.2) is 237 Å². The van der Waals surface area contributed by atoms with E-state index in [1.54, 1.807) is 59.1 Å². The van der Waals surface area contributed by atoms with Crippen molar-refractivity contribution in [3.05, 3.63) is 282 Å². The number of halogens is 27. The highest BCUT2D eigenvalue weighted by Crippen LogP contribution is 2.50. The number of β-amino-alcohol motifs (C(OH)–C–C–N with tert-alkyl or cyclic N) is 2. The van der Waals surface area contributed by atoms with Crippen LogP contribution in [0.1, 0.15) is 124 Å². The minimum atomic E-state index is -4.88. The van der Waals surface area contributed by atoms with E-state index in [0.29, 0.717) is 59.3 Å². The van der Waals surface area contributed by atoms with E-state index in [-0.39, 0.29) is 59.9 Å². The third kappa shape index (κ3) is 29.6. The molecule has 42 heteroatoms. The lowest BCUT2D eigenvalue weighted by Crippen LogP contribution is -2.44. The lowest BCUT2D eigenvalue weighted by molar-refractivity contribution is -0.253. The number of rotatable bonds is 24. The van der Waals surface area contributed by atoms with Gasteiger partial charge in [0, 0.05) is 60.0 Å². The number of fused-ring (bicyclic) bond motifs is 4. The molecule has 0 saturated carbocycles. The molecule has 0 amide bonds. The van der Waals surface area contributed by atoms with Crippen LogP contribution >= 0.6 is 82.6 Å². The number of nitrogens with zero attached hydrogens (tertiary/aromatic N) is 2. The van der Waals surface area contributed by atoms with Gasteiger partial charge in [-0.3, -0.25) is 0 Å². The SMILES string of the molecule is C.C.C.C.FC(F)(F)C1CO1.FC(F)C(F)(F)Oc1cccc(C2CCc3c(cccc3-c3ccsc3)N2)c1.FC(F)C(F)(F)Oc1cccc(C2CCc3c(cccc3-c3ccsc3)N2)c1.II.OC(CN1c2cccc(-c3ccsc3)c2CCC1c1cccc(OC(F)(F)C(F)F)c1)C(F)(F)F.OC(CN1c2cccc(-c3ccsc3)c2CCC1c1cccc(OC(F)(F)C(F)F)c1)C(F)(F)F. The fourth-order valence-electron chi connectivity index (χ4n) is 15.7. The van der Waals surface area contributed by atoms with E-state index in [2.05, 4.69) is 107 Å². The predicted molar refractivity (Wildman–Crippen MR) is 512 cm³/mol. The Bertz CT molecular complexity index is 5470. The Balaban J connectivity index is 0.000000219. The van der Waals surface area contributed by atoms with Gasteiger partial charge in [0.05, 0.1) is 43.9 Å². The quantitative estimate of drug-likeness (QED) is 0.0263. The van der Waals surface area contributed by atoms with Crippen LogP contribution in [0.5, 0.6) is 23.0 Å². The Labute approximate surface area is 824 Å². The molecule has 5 aliphatic rings.